The summed E-state index contributed by atoms with van der Waals surface area (Å²) >= 11 is 0. The predicted octanol–water partition coefficient (Wildman–Crippen LogP) is 1.76. The fraction of sp³-hybridized carbons (Fsp3) is 0.444. The summed E-state index contributed by atoms with van der Waals surface area (Å²) in [4.78, 5) is 17.8. The Balaban J connectivity index is -0.000000125. The monoisotopic (exact) mass is 304 g/mol. The molecule has 1 amide bonds. The van der Waals surface area contributed by atoms with Gasteiger partial charge in [0.25, 0.3) is 0 Å². The van der Waals surface area contributed by atoms with E-state index in [9.17, 15) is 4.79 Å². The van der Waals surface area contributed by atoms with Gasteiger partial charge in [-0.25, -0.2) is 9.97 Å². The van der Waals surface area contributed by atoms with E-state index in [2.05, 4.69) is 21.5 Å². The van der Waals surface area contributed by atoms with E-state index >= 15 is 0 Å². The normalized spacial score (nSPS) is 6.36. The Bertz CT molecular complexity index is 229. The third kappa shape index (κ3) is 9.44. The van der Waals surface area contributed by atoms with Gasteiger partial charge in [0, 0.05) is 37.0 Å². The van der Waals surface area contributed by atoms with Gasteiger partial charge >= 0.3 is 0 Å². The molecule has 0 atom stereocenters. The minimum absolute atomic E-state index is 0. The maximum absolute atomic E-state index is 10.4. The molecule has 5 heteroatoms. The van der Waals surface area contributed by atoms with Gasteiger partial charge in [-0.3, -0.25) is 10.1 Å². The number of carbonyl (C=O) groups excluding carboxylic acids is 1. The molecule has 1 aromatic rings. The van der Waals surface area contributed by atoms with Crippen LogP contribution in [-0.4, -0.2) is 39.8 Å². The van der Waals surface area contributed by atoms with E-state index in [0.29, 0.717) is 0 Å². The van der Waals surface area contributed by atoms with Crippen molar-refractivity contribution < 1.29 is 4.79 Å². The number of aromatic nitrogens is 2. The van der Waals surface area contributed by atoms with Gasteiger partial charge in [0.15, 0.2) is 0 Å². The van der Waals surface area contributed by atoms with E-state index in [4.69, 9.17) is 0 Å². The van der Waals surface area contributed by atoms with Crippen LogP contribution in [0.15, 0.2) is 12.3 Å². The molecule has 79 valence electrons. The van der Waals surface area contributed by atoms with Crippen molar-refractivity contribution in [3.8, 4) is 0 Å². The first kappa shape index (κ1) is 23.3. The molecule has 1 rings (SSSR count). The zero-order valence-corrected chi connectivity index (χ0v) is 8.81. The van der Waals surface area contributed by atoms with Crippen LogP contribution in [0.1, 0.15) is 29.2 Å². The van der Waals surface area contributed by atoms with Crippen molar-refractivity contribution in [2.45, 2.75) is 29.2 Å². The largest absolute Gasteiger partial charge is 0.295 e. The van der Waals surface area contributed by atoms with Gasteiger partial charge in [0.1, 0.15) is 0 Å². The first-order chi connectivity index (χ1) is 4.79. The molecule has 0 fully saturated rings. The zero-order valence-electron chi connectivity index (χ0n) is 5.96. The molecule has 5 radical (unpaired) electrons. The summed E-state index contributed by atoms with van der Waals surface area (Å²) in [6, 6.07) is 1.56. The van der Waals surface area contributed by atoms with Crippen LogP contribution in [0.2, 0.25) is 0 Å². The summed E-state index contributed by atoms with van der Waals surface area (Å²) in [7, 11) is 0. The molecule has 0 aliphatic rings. The number of amides is 1. The van der Waals surface area contributed by atoms with E-state index in [-0.39, 0.29) is 58.0 Å². The van der Waals surface area contributed by atoms with Gasteiger partial charge in [-0.05, 0) is 6.07 Å². The summed E-state index contributed by atoms with van der Waals surface area (Å²) in [5.41, 5.74) is 0. The maximum atomic E-state index is 10.4. The summed E-state index contributed by atoms with van der Waals surface area (Å²) in [5, 5.41) is 2.41. The van der Waals surface area contributed by atoms with Crippen molar-refractivity contribution in [2.75, 3.05) is 5.32 Å². The molecule has 14 heavy (non-hydrogen) atoms. The van der Waals surface area contributed by atoms with E-state index in [1.54, 1.807) is 6.07 Å². The van der Waals surface area contributed by atoms with Crippen LogP contribution in [0.4, 0.5) is 5.95 Å². The zero-order chi connectivity index (χ0) is 7.40. The number of nitrogens with zero attached hydrogens (tertiary/aromatic N) is 2. The average molecular weight is 303 g/mol. The van der Waals surface area contributed by atoms with Crippen molar-refractivity contribution in [3.05, 3.63) is 18.5 Å². The van der Waals surface area contributed by atoms with Crippen LogP contribution in [0.3, 0.4) is 0 Å². The molecule has 0 saturated heterocycles. The number of nitrogens with one attached hydrogen (secondary N) is 1. The molecule has 4 nitrogen and oxygen atoms in total. The fourth-order valence-electron chi connectivity index (χ4n) is 0.486. The minimum atomic E-state index is -0.181. The van der Waals surface area contributed by atoms with E-state index < -0.39 is 0 Å². The smallest absolute Gasteiger partial charge is 0.229 e. The molecule has 0 unspecified atom stereocenters. The van der Waals surface area contributed by atoms with Crippen LogP contribution in [-0.2, 0) is 4.79 Å². The first-order valence-electron chi connectivity index (χ1n) is 2.76. The summed E-state index contributed by atoms with van der Waals surface area (Å²) in [6.45, 7) is 1.40. The first-order valence-corrected chi connectivity index (χ1v) is 2.76. The third-order valence-electron chi connectivity index (χ3n) is 0.804. The number of carbonyl (C=O) groups is 1. The molecule has 0 aromatic carbocycles. The van der Waals surface area contributed by atoms with E-state index in [0.717, 1.165) is 0 Å². The molecular formula is C9H18N3OSn. The Morgan fingerprint density at radius 2 is 2.00 bits per heavy atom. The summed E-state index contributed by atoms with van der Waals surface area (Å²) in [5.74, 6) is 0.106. The molecule has 1 N–H and O–H groups in total. The molecule has 0 bridgehead atoms. The second-order valence-electron chi connectivity index (χ2n) is 1.69. The van der Waals surface area contributed by atoms with Gasteiger partial charge < -0.3 is 0 Å². The van der Waals surface area contributed by atoms with E-state index in [1.165, 1.54) is 13.1 Å². The van der Waals surface area contributed by atoms with Gasteiger partial charge in [-0.15, -0.1) is 0 Å². The van der Waals surface area contributed by atoms with Crippen LogP contribution in [0.25, 0.3) is 0 Å². The van der Waals surface area contributed by atoms with E-state index in [1.807, 2.05) is 0 Å². The Kier molecular flexibility index (Phi) is 20.5. The maximum Gasteiger partial charge on any atom is 0.229 e. The van der Waals surface area contributed by atoms with Gasteiger partial charge in [-0.1, -0.05) is 22.3 Å². The molecular weight excluding hydrogens is 285 g/mol. The summed E-state index contributed by atoms with van der Waals surface area (Å²) in [6.07, 6.45) is 4.05. The SMILES string of the molecule is C.C.C.CC(=O)Nc1n[c]ccn1.[Sn]. The molecule has 0 spiro atoms. The number of rotatable bonds is 1. The van der Waals surface area contributed by atoms with Crippen LogP contribution in [0, 0.1) is 6.20 Å². The van der Waals surface area contributed by atoms with Crippen molar-refractivity contribution >= 4 is 35.8 Å². The Morgan fingerprint density at radius 1 is 1.43 bits per heavy atom. The molecule has 1 heterocycles. The standard InChI is InChI=1S/C6H6N3O.3CH4.Sn/c1-5(10)9-6-7-3-2-4-8-6;;;;/h2-3H,1H3,(H,7,8,9,10);3*1H4;. The molecule has 0 saturated carbocycles. The predicted molar refractivity (Wildman–Crippen MR) is 61.1 cm³/mol. The number of anilines is 1. The molecule has 0 aliphatic heterocycles. The minimum Gasteiger partial charge on any atom is -0.295 e. The second kappa shape index (κ2) is 12.3. The quantitative estimate of drug-likeness (QED) is 0.804. The van der Waals surface area contributed by atoms with Crippen LogP contribution >= 0.6 is 0 Å². The van der Waals surface area contributed by atoms with Gasteiger partial charge in [-0.2, -0.15) is 0 Å². The van der Waals surface area contributed by atoms with Crippen LogP contribution in [0.5, 0.6) is 0 Å². The Labute approximate surface area is 104 Å². The molecule has 1 aromatic heterocycles. The van der Waals surface area contributed by atoms with Gasteiger partial charge in [0.2, 0.25) is 11.9 Å². The van der Waals surface area contributed by atoms with Crippen molar-refractivity contribution in [1.82, 2.24) is 9.97 Å². The average Bonchev–Trinajstić information content (AvgIpc) is 1.88. The third-order valence-corrected chi connectivity index (χ3v) is 0.804. The fourth-order valence-corrected chi connectivity index (χ4v) is 0.486. The Morgan fingerprint density at radius 3 is 2.36 bits per heavy atom. The van der Waals surface area contributed by atoms with Crippen molar-refractivity contribution in [3.63, 3.8) is 0 Å². The second-order valence-corrected chi connectivity index (χ2v) is 1.69. The van der Waals surface area contributed by atoms with Gasteiger partial charge in [0.05, 0.1) is 6.20 Å². The Hall–Kier alpha value is -0.651. The number of hydrogen-bond acceptors (Lipinski definition) is 3. The van der Waals surface area contributed by atoms with Crippen LogP contribution < -0.4 is 5.32 Å². The number of hydrogen-bond donors (Lipinski definition) is 1. The topological polar surface area (TPSA) is 54.9 Å². The van der Waals surface area contributed by atoms with Crippen molar-refractivity contribution in [2.24, 2.45) is 0 Å². The van der Waals surface area contributed by atoms with Crippen molar-refractivity contribution in [1.29, 1.82) is 0 Å². The summed E-state index contributed by atoms with van der Waals surface area (Å²) < 4.78 is 0. The molecule has 0 aliphatic carbocycles.